The standard InChI is InChI=1S/C23H22N4O4S/c1-16(28)25-8-10-26(11-9-25)21-6-5-18(14-22(21)27(30)31)23(29)24-20-4-2-3-17(13-20)19-7-12-32-15-19/h2-7,12-15H,8-11H2,1H3,(H,24,29). The molecular formula is C23H22N4O4S. The number of hydrogen-bond donors (Lipinski definition) is 1. The normalized spacial score (nSPS) is 13.7. The van der Waals surface area contributed by atoms with E-state index in [0.29, 0.717) is 37.6 Å². The number of piperazine rings is 1. The number of nitrogens with zero attached hydrogens (tertiary/aromatic N) is 3. The van der Waals surface area contributed by atoms with E-state index in [2.05, 4.69) is 5.32 Å². The Kier molecular flexibility index (Phi) is 6.18. The van der Waals surface area contributed by atoms with E-state index in [4.69, 9.17) is 0 Å². The minimum atomic E-state index is -0.472. The molecule has 1 aliphatic rings. The Labute approximate surface area is 189 Å². The monoisotopic (exact) mass is 450 g/mol. The number of thiophene rings is 1. The van der Waals surface area contributed by atoms with E-state index in [-0.39, 0.29) is 17.2 Å². The molecule has 164 valence electrons. The Balaban J connectivity index is 1.52. The molecule has 0 atom stereocenters. The van der Waals surface area contributed by atoms with Crippen molar-refractivity contribution in [1.29, 1.82) is 0 Å². The molecule has 2 heterocycles. The van der Waals surface area contributed by atoms with E-state index >= 15 is 0 Å². The highest BCUT2D eigenvalue weighted by Gasteiger charge is 2.26. The zero-order valence-corrected chi connectivity index (χ0v) is 18.3. The molecule has 32 heavy (non-hydrogen) atoms. The second-order valence-electron chi connectivity index (χ2n) is 7.50. The van der Waals surface area contributed by atoms with Crippen LogP contribution >= 0.6 is 11.3 Å². The number of nitrogens with one attached hydrogen (secondary N) is 1. The molecule has 3 aromatic rings. The third kappa shape index (κ3) is 4.62. The fraction of sp³-hybridized carbons (Fsp3) is 0.217. The van der Waals surface area contributed by atoms with E-state index < -0.39 is 10.8 Å². The lowest BCUT2D eigenvalue weighted by molar-refractivity contribution is -0.384. The van der Waals surface area contributed by atoms with Gasteiger partial charge in [0.15, 0.2) is 0 Å². The highest BCUT2D eigenvalue weighted by molar-refractivity contribution is 7.08. The van der Waals surface area contributed by atoms with Crippen LogP contribution in [-0.4, -0.2) is 47.8 Å². The molecule has 0 radical (unpaired) electrons. The van der Waals surface area contributed by atoms with Gasteiger partial charge in [-0.3, -0.25) is 19.7 Å². The number of benzene rings is 2. The van der Waals surface area contributed by atoms with Crippen LogP contribution in [0, 0.1) is 10.1 Å². The molecule has 0 unspecified atom stereocenters. The molecule has 2 aromatic carbocycles. The first-order chi connectivity index (χ1) is 15.4. The zero-order chi connectivity index (χ0) is 22.7. The highest BCUT2D eigenvalue weighted by Crippen LogP contribution is 2.31. The van der Waals surface area contributed by atoms with Crippen molar-refractivity contribution < 1.29 is 14.5 Å². The summed E-state index contributed by atoms with van der Waals surface area (Å²) in [5, 5.41) is 18.6. The molecule has 0 bridgehead atoms. The zero-order valence-electron chi connectivity index (χ0n) is 17.5. The lowest BCUT2D eigenvalue weighted by atomic mass is 10.1. The van der Waals surface area contributed by atoms with Crippen LogP contribution in [-0.2, 0) is 4.79 Å². The van der Waals surface area contributed by atoms with Crippen LogP contribution in [0.2, 0.25) is 0 Å². The third-order valence-corrected chi connectivity index (χ3v) is 6.16. The molecule has 0 aliphatic carbocycles. The fourth-order valence-corrected chi connectivity index (χ4v) is 4.41. The summed E-state index contributed by atoms with van der Waals surface area (Å²) in [5.74, 6) is -0.419. The number of rotatable bonds is 5. The van der Waals surface area contributed by atoms with E-state index in [1.807, 2.05) is 39.9 Å². The highest BCUT2D eigenvalue weighted by atomic mass is 32.1. The first-order valence-electron chi connectivity index (χ1n) is 10.2. The summed E-state index contributed by atoms with van der Waals surface area (Å²) in [7, 11) is 0. The molecule has 1 fully saturated rings. The van der Waals surface area contributed by atoms with Crippen LogP contribution in [0.15, 0.2) is 59.3 Å². The van der Waals surface area contributed by atoms with Crippen molar-refractivity contribution in [2.75, 3.05) is 36.4 Å². The predicted molar refractivity (Wildman–Crippen MR) is 125 cm³/mol. The second kappa shape index (κ2) is 9.19. The van der Waals surface area contributed by atoms with Gasteiger partial charge in [0.05, 0.1) is 4.92 Å². The minimum absolute atomic E-state index is 0.00534. The van der Waals surface area contributed by atoms with Gasteiger partial charge >= 0.3 is 0 Å². The summed E-state index contributed by atoms with van der Waals surface area (Å²) in [6, 6.07) is 14.0. The lowest BCUT2D eigenvalue weighted by Crippen LogP contribution is -2.48. The summed E-state index contributed by atoms with van der Waals surface area (Å²) in [6.45, 7) is 3.54. The van der Waals surface area contributed by atoms with Crippen molar-refractivity contribution in [2.45, 2.75) is 6.92 Å². The number of nitro groups is 1. The van der Waals surface area contributed by atoms with Crippen LogP contribution in [0.1, 0.15) is 17.3 Å². The van der Waals surface area contributed by atoms with E-state index in [9.17, 15) is 19.7 Å². The van der Waals surface area contributed by atoms with Gasteiger partial charge in [0.2, 0.25) is 5.91 Å². The molecule has 1 N–H and O–H groups in total. The number of carbonyl (C=O) groups is 2. The van der Waals surface area contributed by atoms with Crippen LogP contribution in [0.4, 0.5) is 17.1 Å². The van der Waals surface area contributed by atoms with Crippen LogP contribution < -0.4 is 10.2 Å². The van der Waals surface area contributed by atoms with E-state index in [0.717, 1.165) is 11.1 Å². The van der Waals surface area contributed by atoms with Crippen molar-refractivity contribution in [3.8, 4) is 11.1 Å². The molecule has 2 amide bonds. The summed E-state index contributed by atoms with van der Waals surface area (Å²) in [4.78, 5) is 39.2. The van der Waals surface area contributed by atoms with Gasteiger partial charge in [0, 0.05) is 50.4 Å². The molecule has 0 spiro atoms. The Morgan fingerprint density at radius 1 is 1.03 bits per heavy atom. The van der Waals surface area contributed by atoms with Gasteiger partial charge in [0.25, 0.3) is 11.6 Å². The van der Waals surface area contributed by atoms with Crippen LogP contribution in [0.5, 0.6) is 0 Å². The second-order valence-corrected chi connectivity index (χ2v) is 8.28. The third-order valence-electron chi connectivity index (χ3n) is 5.47. The Bertz CT molecular complexity index is 1150. The number of amides is 2. The van der Waals surface area contributed by atoms with Crippen molar-refractivity contribution in [3.63, 3.8) is 0 Å². The maximum Gasteiger partial charge on any atom is 0.293 e. The summed E-state index contributed by atoms with van der Waals surface area (Å²) in [6.07, 6.45) is 0. The summed E-state index contributed by atoms with van der Waals surface area (Å²) < 4.78 is 0. The summed E-state index contributed by atoms with van der Waals surface area (Å²) in [5.41, 5.74) is 3.20. The lowest BCUT2D eigenvalue weighted by Gasteiger charge is -2.35. The maximum atomic E-state index is 12.8. The minimum Gasteiger partial charge on any atom is -0.362 e. The van der Waals surface area contributed by atoms with Gasteiger partial charge in [-0.1, -0.05) is 12.1 Å². The first kappa shape index (κ1) is 21.5. The van der Waals surface area contributed by atoms with Crippen LogP contribution in [0.3, 0.4) is 0 Å². The summed E-state index contributed by atoms with van der Waals surface area (Å²) >= 11 is 1.60. The average molecular weight is 451 g/mol. The average Bonchev–Trinajstić information content (AvgIpc) is 3.34. The fourth-order valence-electron chi connectivity index (χ4n) is 3.75. The molecule has 0 saturated carbocycles. The number of anilines is 2. The van der Waals surface area contributed by atoms with Gasteiger partial charge in [-0.25, -0.2) is 0 Å². The predicted octanol–water partition coefficient (Wildman–Crippen LogP) is 4.24. The smallest absolute Gasteiger partial charge is 0.293 e. The molecule has 9 heteroatoms. The van der Waals surface area contributed by atoms with Crippen molar-refractivity contribution in [2.24, 2.45) is 0 Å². The largest absolute Gasteiger partial charge is 0.362 e. The maximum absolute atomic E-state index is 12.8. The van der Waals surface area contributed by atoms with Crippen LogP contribution in [0.25, 0.3) is 11.1 Å². The molecule has 1 aliphatic heterocycles. The number of carbonyl (C=O) groups excluding carboxylic acids is 2. The van der Waals surface area contributed by atoms with Gasteiger partial charge in [0.1, 0.15) is 5.69 Å². The Morgan fingerprint density at radius 3 is 2.47 bits per heavy atom. The quantitative estimate of drug-likeness (QED) is 0.463. The Hall–Kier alpha value is -3.72. The number of nitro benzene ring substituents is 1. The first-order valence-corrected chi connectivity index (χ1v) is 11.1. The molecule has 1 saturated heterocycles. The molecule has 4 rings (SSSR count). The van der Waals surface area contributed by atoms with E-state index in [1.54, 1.807) is 34.4 Å². The van der Waals surface area contributed by atoms with Crippen molar-refractivity contribution in [1.82, 2.24) is 4.90 Å². The topological polar surface area (TPSA) is 95.8 Å². The van der Waals surface area contributed by atoms with Crippen molar-refractivity contribution >= 4 is 40.2 Å². The number of hydrogen-bond acceptors (Lipinski definition) is 6. The Morgan fingerprint density at radius 2 is 1.81 bits per heavy atom. The SMILES string of the molecule is CC(=O)N1CCN(c2ccc(C(=O)Nc3cccc(-c4ccsc4)c3)cc2[N+](=O)[O-])CC1. The van der Waals surface area contributed by atoms with Gasteiger partial charge in [-0.05, 0) is 52.2 Å². The van der Waals surface area contributed by atoms with Gasteiger partial charge < -0.3 is 15.1 Å². The molecule has 8 nitrogen and oxygen atoms in total. The van der Waals surface area contributed by atoms with Gasteiger partial charge in [-0.2, -0.15) is 11.3 Å². The van der Waals surface area contributed by atoms with Gasteiger partial charge in [-0.15, -0.1) is 0 Å². The van der Waals surface area contributed by atoms with E-state index in [1.165, 1.54) is 13.0 Å². The molecule has 1 aromatic heterocycles. The van der Waals surface area contributed by atoms with Crippen molar-refractivity contribution in [3.05, 3.63) is 75.0 Å². The molecular weight excluding hydrogens is 428 g/mol.